The van der Waals surface area contributed by atoms with Crippen molar-refractivity contribution in [2.24, 2.45) is 7.05 Å². The summed E-state index contributed by atoms with van der Waals surface area (Å²) in [6, 6.07) is 11.1. The van der Waals surface area contributed by atoms with Crippen molar-refractivity contribution in [2.45, 2.75) is 13.5 Å². The molecule has 0 saturated heterocycles. The summed E-state index contributed by atoms with van der Waals surface area (Å²) in [5.41, 5.74) is 1.98. The number of nitrogens with zero attached hydrogens (tertiary/aromatic N) is 1. The topological polar surface area (TPSA) is 51.5 Å². The first-order chi connectivity index (χ1) is 9.17. The average molecular weight is 259 g/mol. The molecule has 1 heterocycles. The van der Waals surface area contributed by atoms with Crippen LogP contribution in [-0.4, -0.2) is 16.3 Å². The zero-order valence-corrected chi connectivity index (χ0v) is 11.1. The van der Waals surface area contributed by atoms with Crippen LogP contribution < -0.4 is 10.3 Å². The van der Waals surface area contributed by atoms with Crippen molar-refractivity contribution in [3.05, 3.63) is 52.3 Å². The van der Waals surface area contributed by atoms with Gasteiger partial charge in [0.15, 0.2) is 0 Å². The first-order valence-corrected chi connectivity index (χ1v) is 6.20. The van der Waals surface area contributed by atoms with E-state index in [0.29, 0.717) is 12.2 Å². The molecule has 100 valence electrons. The van der Waals surface area contributed by atoms with E-state index in [9.17, 15) is 4.79 Å². The number of ether oxygens (including phenoxy) is 1. The molecular formula is C15H17NO3. The fraction of sp³-hybridized carbons (Fsp3) is 0.267. The van der Waals surface area contributed by atoms with Crippen molar-refractivity contribution < 1.29 is 9.84 Å². The molecule has 1 aromatic heterocycles. The lowest BCUT2D eigenvalue weighted by molar-refractivity contribution is 0.279. The average Bonchev–Trinajstić information content (AvgIpc) is 2.43. The van der Waals surface area contributed by atoms with Crippen LogP contribution in [0.25, 0.3) is 11.3 Å². The summed E-state index contributed by atoms with van der Waals surface area (Å²) in [7, 11) is 1.70. The molecule has 4 heteroatoms. The molecular weight excluding hydrogens is 242 g/mol. The number of aliphatic hydroxyl groups is 1. The van der Waals surface area contributed by atoms with Gasteiger partial charge in [0.25, 0.3) is 5.56 Å². The van der Waals surface area contributed by atoms with Gasteiger partial charge >= 0.3 is 0 Å². The van der Waals surface area contributed by atoms with E-state index in [1.165, 1.54) is 0 Å². The second-order valence-corrected chi connectivity index (χ2v) is 4.22. The Labute approximate surface area is 111 Å². The van der Waals surface area contributed by atoms with E-state index in [0.717, 1.165) is 17.0 Å². The third kappa shape index (κ3) is 2.69. The molecule has 0 radical (unpaired) electrons. The summed E-state index contributed by atoms with van der Waals surface area (Å²) in [6.07, 6.45) is 0. The molecule has 1 N–H and O–H groups in total. The van der Waals surface area contributed by atoms with Gasteiger partial charge in [-0.25, -0.2) is 0 Å². The van der Waals surface area contributed by atoms with Gasteiger partial charge in [0, 0.05) is 12.6 Å². The number of benzene rings is 1. The van der Waals surface area contributed by atoms with Gasteiger partial charge in [-0.1, -0.05) is 0 Å². The largest absolute Gasteiger partial charge is 0.494 e. The molecule has 0 bridgehead atoms. The molecule has 2 rings (SSSR count). The van der Waals surface area contributed by atoms with Crippen LogP contribution in [0, 0.1) is 0 Å². The van der Waals surface area contributed by atoms with Crippen molar-refractivity contribution in [3.63, 3.8) is 0 Å². The monoisotopic (exact) mass is 259 g/mol. The highest BCUT2D eigenvalue weighted by Gasteiger charge is 2.07. The number of aromatic nitrogens is 1. The summed E-state index contributed by atoms with van der Waals surface area (Å²) in [6.45, 7) is 2.32. The minimum Gasteiger partial charge on any atom is -0.494 e. The molecule has 0 atom stereocenters. The lowest BCUT2D eigenvalue weighted by Gasteiger charge is -2.10. The zero-order valence-electron chi connectivity index (χ0n) is 11.1. The minimum atomic E-state index is -0.240. The Morgan fingerprint density at radius 2 is 1.84 bits per heavy atom. The highest BCUT2D eigenvalue weighted by molar-refractivity contribution is 5.60. The fourth-order valence-electron chi connectivity index (χ4n) is 1.99. The fourth-order valence-corrected chi connectivity index (χ4v) is 1.99. The van der Waals surface area contributed by atoms with Crippen LogP contribution in [0.2, 0.25) is 0 Å². The first-order valence-electron chi connectivity index (χ1n) is 6.20. The van der Waals surface area contributed by atoms with E-state index in [1.54, 1.807) is 17.7 Å². The molecule has 0 aliphatic carbocycles. The van der Waals surface area contributed by atoms with Crippen molar-refractivity contribution in [2.75, 3.05) is 6.61 Å². The molecule has 19 heavy (non-hydrogen) atoms. The van der Waals surface area contributed by atoms with Crippen molar-refractivity contribution in [3.8, 4) is 17.0 Å². The van der Waals surface area contributed by atoms with Crippen molar-refractivity contribution in [1.29, 1.82) is 0 Å². The zero-order chi connectivity index (χ0) is 13.8. The van der Waals surface area contributed by atoms with Crippen LogP contribution in [0.5, 0.6) is 5.75 Å². The lowest BCUT2D eigenvalue weighted by atomic mass is 10.1. The third-order valence-corrected chi connectivity index (χ3v) is 3.01. The predicted octanol–water partition coefficient (Wildman–Crippen LogP) is 1.94. The Kier molecular flexibility index (Phi) is 4.02. The van der Waals surface area contributed by atoms with Gasteiger partial charge in [0.2, 0.25) is 0 Å². The molecule has 4 nitrogen and oxygen atoms in total. The van der Waals surface area contributed by atoms with E-state index in [1.807, 2.05) is 37.3 Å². The van der Waals surface area contributed by atoms with Crippen LogP contribution in [-0.2, 0) is 13.7 Å². The molecule has 0 aliphatic rings. The summed E-state index contributed by atoms with van der Waals surface area (Å²) in [5, 5.41) is 9.07. The third-order valence-electron chi connectivity index (χ3n) is 3.01. The number of aliphatic hydroxyl groups excluding tert-OH is 1. The van der Waals surface area contributed by atoms with Crippen LogP contribution >= 0.6 is 0 Å². The minimum absolute atomic E-state index is 0.172. The Bertz CT molecular complexity index is 614. The van der Waals surface area contributed by atoms with Gasteiger partial charge in [-0.15, -0.1) is 0 Å². The van der Waals surface area contributed by atoms with Gasteiger partial charge in [0.1, 0.15) is 5.75 Å². The standard InChI is InChI=1S/C15H17NO3/c1-3-19-13-7-4-11(5-8-13)14-9-6-12(10-17)15(18)16(14)2/h4-9,17H,3,10H2,1-2H3. The van der Waals surface area contributed by atoms with Gasteiger partial charge in [-0.3, -0.25) is 4.79 Å². The molecule has 0 saturated carbocycles. The van der Waals surface area contributed by atoms with Crippen molar-refractivity contribution >= 4 is 0 Å². The van der Waals surface area contributed by atoms with Gasteiger partial charge in [-0.05, 0) is 48.9 Å². The molecule has 0 fully saturated rings. The molecule has 0 aliphatic heterocycles. The first kappa shape index (κ1) is 13.4. The second kappa shape index (κ2) is 5.71. The Balaban J connectivity index is 2.42. The van der Waals surface area contributed by atoms with E-state index in [2.05, 4.69) is 0 Å². The van der Waals surface area contributed by atoms with Gasteiger partial charge in [-0.2, -0.15) is 0 Å². The summed E-state index contributed by atoms with van der Waals surface area (Å²) in [4.78, 5) is 11.9. The maximum Gasteiger partial charge on any atom is 0.256 e. The van der Waals surface area contributed by atoms with Crippen LogP contribution in [0.3, 0.4) is 0 Å². The Morgan fingerprint density at radius 1 is 1.16 bits per heavy atom. The van der Waals surface area contributed by atoms with E-state index < -0.39 is 0 Å². The van der Waals surface area contributed by atoms with Gasteiger partial charge < -0.3 is 14.4 Å². The van der Waals surface area contributed by atoms with Crippen LogP contribution in [0.15, 0.2) is 41.2 Å². The van der Waals surface area contributed by atoms with E-state index in [-0.39, 0.29) is 12.2 Å². The smallest absolute Gasteiger partial charge is 0.256 e. The molecule has 1 aromatic carbocycles. The molecule has 0 amide bonds. The number of hydrogen-bond acceptors (Lipinski definition) is 3. The molecule has 2 aromatic rings. The SMILES string of the molecule is CCOc1ccc(-c2ccc(CO)c(=O)n2C)cc1. The summed E-state index contributed by atoms with van der Waals surface area (Å²) < 4.78 is 6.93. The highest BCUT2D eigenvalue weighted by atomic mass is 16.5. The summed E-state index contributed by atoms with van der Waals surface area (Å²) >= 11 is 0. The normalized spacial score (nSPS) is 10.5. The van der Waals surface area contributed by atoms with Crippen LogP contribution in [0.1, 0.15) is 12.5 Å². The maximum absolute atomic E-state index is 11.9. The predicted molar refractivity (Wildman–Crippen MR) is 74.2 cm³/mol. The van der Waals surface area contributed by atoms with E-state index in [4.69, 9.17) is 9.84 Å². The highest BCUT2D eigenvalue weighted by Crippen LogP contribution is 2.21. The quantitative estimate of drug-likeness (QED) is 0.913. The van der Waals surface area contributed by atoms with Gasteiger partial charge in [0.05, 0.1) is 18.9 Å². The number of rotatable bonds is 4. The maximum atomic E-state index is 11.9. The molecule has 0 spiro atoms. The van der Waals surface area contributed by atoms with E-state index >= 15 is 0 Å². The lowest BCUT2D eigenvalue weighted by Crippen LogP contribution is -2.22. The van der Waals surface area contributed by atoms with Crippen molar-refractivity contribution in [1.82, 2.24) is 4.57 Å². The Morgan fingerprint density at radius 3 is 2.42 bits per heavy atom. The second-order valence-electron chi connectivity index (χ2n) is 4.22. The van der Waals surface area contributed by atoms with Crippen LogP contribution in [0.4, 0.5) is 0 Å². The number of hydrogen-bond donors (Lipinski definition) is 1. The Hall–Kier alpha value is -2.07. The summed E-state index contributed by atoms with van der Waals surface area (Å²) in [5.74, 6) is 0.809. The molecule has 0 unspecified atom stereocenters. The number of pyridine rings is 1.